The van der Waals surface area contributed by atoms with Crippen LogP contribution in [-0.4, -0.2) is 0 Å². The Morgan fingerprint density at radius 2 is 1.80 bits per heavy atom. The zero-order chi connectivity index (χ0) is 8.04. The smallest absolute Gasteiger partial charge is 0.00761 e. The number of allylic oxidation sites excluding steroid dienone is 1. The Bertz CT molecular complexity index is 132. The largest absolute Gasteiger partial charge is 0.129 e. The van der Waals surface area contributed by atoms with Gasteiger partial charge in [0.25, 0.3) is 0 Å². The molecular weight excluding hydrogens is 120 g/mol. The fraction of sp³-hybridized carbons (Fsp3) is 0.700. The molecule has 0 aromatic carbocycles. The van der Waals surface area contributed by atoms with Gasteiger partial charge in [-0.05, 0) is 37.3 Å². The molecule has 0 saturated carbocycles. The van der Waals surface area contributed by atoms with Gasteiger partial charge in [0.05, 0.1) is 0 Å². The van der Waals surface area contributed by atoms with Crippen molar-refractivity contribution in [1.29, 1.82) is 0 Å². The first-order valence-electron chi connectivity index (χ1n) is 4.06. The molecule has 0 aromatic rings. The molecule has 10 heavy (non-hydrogen) atoms. The van der Waals surface area contributed by atoms with E-state index in [0.29, 0.717) is 5.41 Å². The lowest BCUT2D eigenvalue weighted by Crippen LogP contribution is -2.08. The van der Waals surface area contributed by atoms with Gasteiger partial charge < -0.3 is 0 Å². The van der Waals surface area contributed by atoms with Crippen molar-refractivity contribution in [2.45, 2.75) is 40.5 Å². The Labute approximate surface area is 64.6 Å². The summed E-state index contributed by atoms with van der Waals surface area (Å²) in [7, 11) is 0. The number of hydrogen-bond donors (Lipinski definition) is 0. The molecule has 0 nitrogen and oxygen atoms in total. The van der Waals surface area contributed by atoms with Gasteiger partial charge in [0.15, 0.2) is 0 Å². The molecule has 0 amide bonds. The summed E-state index contributed by atoms with van der Waals surface area (Å²) in [4.78, 5) is 0. The molecule has 0 radical (unpaired) electrons. The van der Waals surface area contributed by atoms with Gasteiger partial charge in [-0.1, -0.05) is 20.8 Å². The summed E-state index contributed by atoms with van der Waals surface area (Å²) in [5, 5.41) is 0. The van der Waals surface area contributed by atoms with Crippen LogP contribution in [0.4, 0.5) is 0 Å². The van der Waals surface area contributed by atoms with Crippen LogP contribution in [0.5, 0.6) is 0 Å². The summed E-state index contributed by atoms with van der Waals surface area (Å²) in [6, 6.07) is 0. The van der Waals surface area contributed by atoms with Crippen LogP contribution >= 0.6 is 0 Å². The normalized spacial score (nSPS) is 10.4. The molecule has 0 fully saturated rings. The molecule has 0 aliphatic carbocycles. The molecular formula is C10H18. The van der Waals surface area contributed by atoms with E-state index < -0.39 is 0 Å². The minimum absolute atomic E-state index is 0.368. The highest BCUT2D eigenvalue weighted by Crippen LogP contribution is 2.25. The Kier molecular flexibility index (Phi) is 4.14. The average Bonchev–Trinajstić information content (AvgIpc) is 2.00. The van der Waals surface area contributed by atoms with Crippen LogP contribution in [0.15, 0.2) is 17.9 Å². The molecule has 58 valence electrons. The maximum absolute atomic E-state index is 3.14. The SMILES string of the molecule is CC=C=CC(C)(CC)CC. The van der Waals surface area contributed by atoms with Gasteiger partial charge in [-0.15, -0.1) is 5.73 Å². The Morgan fingerprint density at radius 1 is 1.30 bits per heavy atom. The summed E-state index contributed by atoms with van der Waals surface area (Å²) in [6.45, 7) is 8.71. The molecule has 0 bridgehead atoms. The molecule has 0 N–H and O–H groups in total. The maximum atomic E-state index is 3.14. The first-order valence-corrected chi connectivity index (χ1v) is 4.06. The van der Waals surface area contributed by atoms with E-state index in [1.807, 2.05) is 13.0 Å². The topological polar surface area (TPSA) is 0 Å². The van der Waals surface area contributed by atoms with Crippen molar-refractivity contribution in [2.75, 3.05) is 0 Å². The van der Waals surface area contributed by atoms with Crippen molar-refractivity contribution < 1.29 is 0 Å². The fourth-order valence-corrected chi connectivity index (χ4v) is 0.739. The molecule has 0 heteroatoms. The van der Waals surface area contributed by atoms with Crippen molar-refractivity contribution in [3.8, 4) is 0 Å². The third-order valence-corrected chi connectivity index (χ3v) is 2.21. The van der Waals surface area contributed by atoms with E-state index >= 15 is 0 Å². The van der Waals surface area contributed by atoms with Gasteiger partial charge in [-0.25, -0.2) is 0 Å². The molecule has 0 aromatic heterocycles. The van der Waals surface area contributed by atoms with Crippen molar-refractivity contribution in [1.82, 2.24) is 0 Å². The summed E-state index contributed by atoms with van der Waals surface area (Å²) in [5.74, 6) is 0. The van der Waals surface area contributed by atoms with Gasteiger partial charge in [-0.3, -0.25) is 0 Å². The zero-order valence-electron chi connectivity index (χ0n) is 7.57. The van der Waals surface area contributed by atoms with E-state index in [1.54, 1.807) is 0 Å². The van der Waals surface area contributed by atoms with E-state index in [4.69, 9.17) is 0 Å². The molecule has 0 heterocycles. The summed E-state index contributed by atoms with van der Waals surface area (Å²) >= 11 is 0. The molecule has 0 unspecified atom stereocenters. The van der Waals surface area contributed by atoms with Crippen LogP contribution in [0.3, 0.4) is 0 Å². The van der Waals surface area contributed by atoms with E-state index in [-0.39, 0.29) is 0 Å². The lowest BCUT2D eigenvalue weighted by atomic mass is 9.85. The highest BCUT2D eigenvalue weighted by atomic mass is 14.2. The van der Waals surface area contributed by atoms with E-state index in [2.05, 4.69) is 32.6 Å². The van der Waals surface area contributed by atoms with Crippen LogP contribution in [-0.2, 0) is 0 Å². The lowest BCUT2D eigenvalue weighted by Gasteiger charge is -2.20. The predicted octanol–water partition coefficient (Wildman–Crippen LogP) is 3.54. The number of hydrogen-bond acceptors (Lipinski definition) is 0. The van der Waals surface area contributed by atoms with Gasteiger partial charge in [0, 0.05) is 0 Å². The van der Waals surface area contributed by atoms with Crippen LogP contribution < -0.4 is 0 Å². The minimum atomic E-state index is 0.368. The third kappa shape index (κ3) is 2.89. The zero-order valence-corrected chi connectivity index (χ0v) is 7.57. The number of rotatable bonds is 3. The van der Waals surface area contributed by atoms with Crippen molar-refractivity contribution >= 4 is 0 Å². The van der Waals surface area contributed by atoms with E-state index in [9.17, 15) is 0 Å². The van der Waals surface area contributed by atoms with Crippen LogP contribution in [0.1, 0.15) is 40.5 Å². The van der Waals surface area contributed by atoms with Gasteiger partial charge in [0.2, 0.25) is 0 Å². The maximum Gasteiger partial charge on any atom is -0.00761 e. The second-order valence-electron chi connectivity index (χ2n) is 2.96. The monoisotopic (exact) mass is 138 g/mol. The first-order chi connectivity index (χ1) is 4.68. The van der Waals surface area contributed by atoms with Gasteiger partial charge in [-0.2, -0.15) is 0 Å². The Morgan fingerprint density at radius 3 is 2.10 bits per heavy atom. The average molecular weight is 138 g/mol. The van der Waals surface area contributed by atoms with Crippen LogP contribution in [0.25, 0.3) is 0 Å². The second-order valence-corrected chi connectivity index (χ2v) is 2.96. The minimum Gasteiger partial charge on any atom is -0.129 e. The first kappa shape index (κ1) is 9.52. The highest BCUT2D eigenvalue weighted by Gasteiger charge is 2.14. The van der Waals surface area contributed by atoms with Gasteiger partial charge in [0.1, 0.15) is 0 Å². The molecule has 0 atom stereocenters. The van der Waals surface area contributed by atoms with E-state index in [1.165, 1.54) is 12.8 Å². The molecule has 0 rings (SSSR count). The summed E-state index contributed by atoms with van der Waals surface area (Å²) < 4.78 is 0. The Balaban J connectivity index is 4.19. The fourth-order valence-electron chi connectivity index (χ4n) is 0.739. The van der Waals surface area contributed by atoms with Gasteiger partial charge >= 0.3 is 0 Å². The summed E-state index contributed by atoms with van der Waals surface area (Å²) in [5.41, 5.74) is 3.51. The molecule has 0 aliphatic rings. The predicted molar refractivity (Wildman–Crippen MR) is 47.0 cm³/mol. The van der Waals surface area contributed by atoms with Crippen molar-refractivity contribution in [3.63, 3.8) is 0 Å². The van der Waals surface area contributed by atoms with Crippen molar-refractivity contribution in [3.05, 3.63) is 17.9 Å². The van der Waals surface area contributed by atoms with Crippen LogP contribution in [0.2, 0.25) is 0 Å². The molecule has 0 spiro atoms. The third-order valence-electron chi connectivity index (χ3n) is 2.21. The quantitative estimate of drug-likeness (QED) is 0.523. The molecule has 0 saturated heterocycles. The Hall–Kier alpha value is -0.480. The second kappa shape index (κ2) is 4.35. The molecule has 0 aliphatic heterocycles. The summed E-state index contributed by atoms with van der Waals surface area (Å²) in [6.07, 6.45) is 6.53. The van der Waals surface area contributed by atoms with Crippen molar-refractivity contribution in [2.24, 2.45) is 5.41 Å². The van der Waals surface area contributed by atoms with Crippen LogP contribution in [0, 0.1) is 5.41 Å². The van der Waals surface area contributed by atoms with E-state index in [0.717, 1.165) is 0 Å². The lowest BCUT2D eigenvalue weighted by molar-refractivity contribution is 0.396. The highest BCUT2D eigenvalue weighted by molar-refractivity contribution is 4.95. The standard InChI is InChI=1S/C10H18/c1-5-8-9-10(4,6-2)7-3/h5,9H,6-7H2,1-4H3.